The van der Waals surface area contributed by atoms with E-state index in [-0.39, 0.29) is 57.0 Å². The van der Waals surface area contributed by atoms with Crippen LogP contribution in [-0.2, 0) is 9.53 Å². The van der Waals surface area contributed by atoms with Crippen molar-refractivity contribution in [2.24, 2.45) is 34.5 Å². The summed E-state index contributed by atoms with van der Waals surface area (Å²) in [4.78, 5) is 57.2. The Morgan fingerprint density at radius 2 is 1.53 bits per heavy atom. The van der Waals surface area contributed by atoms with Crippen molar-refractivity contribution in [3.8, 4) is 5.75 Å². The first kappa shape index (κ1) is 38.0. The smallest absolute Gasteiger partial charge is 0.340 e. The molecule has 2 fully saturated rings. The fraction of sp³-hybridized carbons (Fsp3) is 0.395. The second kappa shape index (κ2) is 13.5. The molecular formula is C43H47N3O9. The Labute approximate surface area is 319 Å². The number of nitrogens with one attached hydrogen (secondary N) is 2. The third kappa shape index (κ3) is 5.77. The molecule has 4 aliphatic rings. The van der Waals surface area contributed by atoms with Crippen LogP contribution in [0.15, 0.2) is 90.0 Å². The summed E-state index contributed by atoms with van der Waals surface area (Å²) >= 11 is 0. The lowest BCUT2D eigenvalue weighted by molar-refractivity contribution is -0.190. The van der Waals surface area contributed by atoms with Gasteiger partial charge >= 0.3 is 5.97 Å². The number of anilines is 3. The lowest BCUT2D eigenvalue weighted by Gasteiger charge is -2.48. The van der Waals surface area contributed by atoms with E-state index in [1.54, 1.807) is 74.5 Å². The molecule has 8 unspecified atom stereocenters. The van der Waals surface area contributed by atoms with Crippen LogP contribution < -0.4 is 15.5 Å². The Bertz CT molecular complexity index is 2170. The molecule has 3 aromatic carbocycles. The number of para-hydroxylation sites is 2. The normalized spacial score (nSPS) is 30.0. The Morgan fingerprint density at radius 3 is 2.24 bits per heavy atom. The van der Waals surface area contributed by atoms with E-state index >= 15 is 0 Å². The molecule has 3 aromatic rings. The number of aliphatic hydroxyl groups is 3. The molecule has 288 valence electrons. The van der Waals surface area contributed by atoms with Gasteiger partial charge in [-0.15, -0.1) is 0 Å². The predicted octanol–water partition coefficient (Wildman–Crippen LogP) is 4.96. The summed E-state index contributed by atoms with van der Waals surface area (Å²) in [5, 5.41) is 51.8. The molecule has 4 aliphatic carbocycles. The van der Waals surface area contributed by atoms with E-state index in [1.807, 2.05) is 6.92 Å². The van der Waals surface area contributed by atoms with Gasteiger partial charge in [0.05, 0.1) is 27.9 Å². The van der Waals surface area contributed by atoms with Crippen molar-refractivity contribution >= 4 is 40.6 Å². The van der Waals surface area contributed by atoms with Crippen molar-refractivity contribution in [2.45, 2.75) is 51.9 Å². The number of phenolic OH excluding ortho intramolecular Hbond substituents is 1. The highest BCUT2D eigenvalue weighted by molar-refractivity contribution is 6.16. The number of carbonyl (C=O) groups excluding carboxylic acids is 4. The van der Waals surface area contributed by atoms with Crippen LogP contribution in [0, 0.1) is 34.5 Å². The van der Waals surface area contributed by atoms with E-state index in [2.05, 4.69) is 24.5 Å². The number of benzene rings is 3. The van der Waals surface area contributed by atoms with Gasteiger partial charge < -0.3 is 40.7 Å². The first-order valence-corrected chi connectivity index (χ1v) is 18.5. The van der Waals surface area contributed by atoms with Crippen molar-refractivity contribution < 1.29 is 44.3 Å². The number of esters is 1. The quantitative estimate of drug-likeness (QED) is 0.136. The van der Waals surface area contributed by atoms with Crippen molar-refractivity contribution in [3.05, 3.63) is 107 Å². The van der Waals surface area contributed by atoms with Crippen molar-refractivity contribution in [3.63, 3.8) is 0 Å². The maximum Gasteiger partial charge on any atom is 0.340 e. The minimum absolute atomic E-state index is 0.0332. The van der Waals surface area contributed by atoms with E-state index in [0.29, 0.717) is 23.2 Å². The molecule has 2 amide bonds. The molecular weight excluding hydrogens is 702 g/mol. The number of hydrogen-bond acceptors (Lipinski definition) is 10. The Balaban J connectivity index is 1.14. The number of rotatable bonds is 8. The standard InChI is InChI=1S/C43H47N3O9/c1-22-20-42-23(2)18-28-34(41(28,3)4)27(37(42)50)19-24(36(49)43(42,54)35(22)48)21-55-40(53)25-12-7-9-14-29(25)44-39(52)33-30(15-11-17-32(33)47)45-38(51)26-13-8-10-16-31(26)46(5)6/h7-17,19-20,23,27-28,34-36,47-49,54H,18,21H2,1-6H3,(H,44,52)(H,45,51). The third-order valence-electron chi connectivity index (χ3n) is 12.7. The Kier molecular flexibility index (Phi) is 9.30. The zero-order valence-electron chi connectivity index (χ0n) is 31.7. The van der Waals surface area contributed by atoms with Crippen LogP contribution in [0.3, 0.4) is 0 Å². The second-order valence-electron chi connectivity index (χ2n) is 16.3. The van der Waals surface area contributed by atoms with Gasteiger partial charge in [0.1, 0.15) is 35.7 Å². The number of Topliss-reactive ketones (excluding diaryl/α,β-unsaturated/α-hetero) is 1. The number of phenols is 1. The number of fused-ring (bicyclic) bond motifs is 3. The third-order valence-corrected chi connectivity index (χ3v) is 12.7. The van der Waals surface area contributed by atoms with E-state index in [0.717, 1.165) is 0 Å². The SMILES string of the molecule is CC1=CC23C(=O)C(C=C(COC(=O)c4ccccc4NC(=O)c4c(O)cccc4NC(=O)c4ccccc4N(C)C)C(O)C2(O)C1O)C1C(CC3C)C1(C)C. The molecule has 0 aromatic heterocycles. The summed E-state index contributed by atoms with van der Waals surface area (Å²) in [5.41, 5.74) is -2.74. The summed E-state index contributed by atoms with van der Waals surface area (Å²) in [7, 11) is 3.59. The van der Waals surface area contributed by atoms with Crippen molar-refractivity contribution in [1.82, 2.24) is 0 Å². The molecule has 0 saturated heterocycles. The van der Waals surface area contributed by atoms with Crippen molar-refractivity contribution in [1.29, 1.82) is 0 Å². The maximum atomic E-state index is 14.6. The lowest BCUT2D eigenvalue weighted by Crippen LogP contribution is -2.65. The monoisotopic (exact) mass is 749 g/mol. The van der Waals surface area contributed by atoms with Crippen LogP contribution in [0.5, 0.6) is 5.75 Å². The predicted molar refractivity (Wildman–Crippen MR) is 206 cm³/mol. The number of aromatic hydroxyl groups is 1. The van der Waals surface area contributed by atoms with E-state index in [9.17, 15) is 39.6 Å². The molecule has 7 rings (SSSR count). The topological polar surface area (TPSA) is 186 Å². The molecule has 0 radical (unpaired) electrons. The van der Waals surface area contributed by atoms with E-state index in [1.165, 1.54) is 30.3 Å². The van der Waals surface area contributed by atoms with Gasteiger partial charge in [0.25, 0.3) is 11.8 Å². The van der Waals surface area contributed by atoms with Crippen LogP contribution in [0.1, 0.15) is 65.2 Å². The molecule has 8 atom stereocenters. The molecule has 1 spiro atoms. The highest BCUT2D eigenvalue weighted by atomic mass is 16.5. The fourth-order valence-electron chi connectivity index (χ4n) is 9.73. The van der Waals surface area contributed by atoms with Crippen LogP contribution >= 0.6 is 0 Å². The fourth-order valence-corrected chi connectivity index (χ4v) is 9.73. The van der Waals surface area contributed by atoms with Crippen LogP contribution in [-0.4, -0.2) is 82.5 Å². The van der Waals surface area contributed by atoms with Crippen LogP contribution in [0.2, 0.25) is 0 Å². The highest BCUT2D eigenvalue weighted by Crippen LogP contribution is 2.71. The van der Waals surface area contributed by atoms with Crippen molar-refractivity contribution in [2.75, 3.05) is 36.2 Å². The van der Waals surface area contributed by atoms with Gasteiger partial charge in [-0.25, -0.2) is 4.79 Å². The molecule has 55 heavy (non-hydrogen) atoms. The lowest BCUT2D eigenvalue weighted by atomic mass is 9.59. The molecule has 0 heterocycles. The first-order chi connectivity index (χ1) is 26.0. The van der Waals surface area contributed by atoms with Gasteiger partial charge in [-0.1, -0.05) is 63.3 Å². The van der Waals surface area contributed by atoms with Gasteiger partial charge in [-0.2, -0.15) is 0 Å². The number of aliphatic hydroxyl groups excluding tert-OH is 2. The maximum absolute atomic E-state index is 14.6. The number of allylic oxidation sites excluding steroid dienone is 1. The van der Waals surface area contributed by atoms with Gasteiger partial charge in [0.15, 0.2) is 5.78 Å². The summed E-state index contributed by atoms with van der Waals surface area (Å²) < 4.78 is 5.75. The van der Waals surface area contributed by atoms with Crippen LogP contribution in [0.4, 0.5) is 17.1 Å². The highest BCUT2D eigenvalue weighted by Gasteiger charge is 2.75. The van der Waals surface area contributed by atoms with Gasteiger partial charge in [0.2, 0.25) is 0 Å². The summed E-state index contributed by atoms with van der Waals surface area (Å²) in [6, 6.07) is 17.2. The minimum Gasteiger partial charge on any atom is -0.507 e. The number of ketones is 1. The molecule has 12 nitrogen and oxygen atoms in total. The molecule has 2 saturated carbocycles. The second-order valence-corrected chi connectivity index (χ2v) is 16.3. The average molecular weight is 750 g/mol. The Hall–Kier alpha value is -5.30. The summed E-state index contributed by atoms with van der Waals surface area (Å²) in [6.07, 6.45) is 0.636. The van der Waals surface area contributed by atoms with Gasteiger partial charge in [-0.3, -0.25) is 14.4 Å². The van der Waals surface area contributed by atoms with Gasteiger partial charge in [-0.05, 0) is 84.1 Å². The summed E-state index contributed by atoms with van der Waals surface area (Å²) in [5.74, 6) is -3.83. The Morgan fingerprint density at radius 1 is 0.891 bits per heavy atom. The number of carbonyl (C=O) groups is 4. The number of nitrogens with zero attached hydrogens (tertiary/aromatic N) is 1. The molecule has 6 N–H and O–H groups in total. The largest absolute Gasteiger partial charge is 0.507 e. The average Bonchev–Trinajstić information content (AvgIpc) is 3.65. The molecule has 12 heteroatoms. The first-order valence-electron chi connectivity index (χ1n) is 18.5. The van der Waals surface area contributed by atoms with E-state index < -0.39 is 59.3 Å². The van der Waals surface area contributed by atoms with Crippen LogP contribution in [0.25, 0.3) is 0 Å². The number of amides is 2. The molecule has 0 aliphatic heterocycles. The zero-order chi connectivity index (χ0) is 39.8. The number of hydrogen-bond donors (Lipinski definition) is 6. The number of ether oxygens (including phenoxy) is 1. The van der Waals surface area contributed by atoms with E-state index in [4.69, 9.17) is 4.74 Å². The summed E-state index contributed by atoms with van der Waals surface area (Å²) in [6.45, 7) is 7.22. The zero-order valence-corrected chi connectivity index (χ0v) is 31.7. The van der Waals surface area contributed by atoms with Gasteiger partial charge in [0, 0.05) is 25.7 Å². The molecule has 2 bridgehead atoms. The minimum atomic E-state index is -2.28.